The summed E-state index contributed by atoms with van der Waals surface area (Å²) in [4.78, 5) is 17.7. The van der Waals surface area contributed by atoms with Crippen LogP contribution in [0.15, 0.2) is 24.3 Å². The number of hydrogen-bond acceptors (Lipinski definition) is 4. The van der Waals surface area contributed by atoms with E-state index < -0.39 is 5.97 Å². The summed E-state index contributed by atoms with van der Waals surface area (Å²) < 4.78 is 0. The lowest BCUT2D eigenvalue weighted by molar-refractivity contribution is 0.0690. The third kappa shape index (κ3) is 3.05. The highest BCUT2D eigenvalue weighted by molar-refractivity contribution is 7.15. The van der Waals surface area contributed by atoms with Crippen molar-refractivity contribution in [1.29, 1.82) is 0 Å². The van der Waals surface area contributed by atoms with Crippen LogP contribution in [0.1, 0.15) is 20.9 Å². The summed E-state index contributed by atoms with van der Waals surface area (Å²) in [6.45, 7) is 2.35. The molecule has 0 unspecified atom stereocenters. The highest BCUT2D eigenvalue weighted by Crippen LogP contribution is 2.27. The van der Waals surface area contributed by atoms with Crippen molar-refractivity contribution in [3.63, 3.8) is 0 Å². The van der Waals surface area contributed by atoms with Gasteiger partial charge in [-0.25, -0.2) is 9.78 Å². The first-order valence-electron chi connectivity index (χ1n) is 5.64. The van der Waals surface area contributed by atoms with Gasteiger partial charge in [-0.1, -0.05) is 29.8 Å². The van der Waals surface area contributed by atoms with Gasteiger partial charge in [0.05, 0.1) is 0 Å². The molecule has 0 fully saturated rings. The van der Waals surface area contributed by atoms with E-state index in [0.29, 0.717) is 21.6 Å². The van der Waals surface area contributed by atoms with Gasteiger partial charge in [0.25, 0.3) is 0 Å². The zero-order chi connectivity index (χ0) is 14.0. The standard InChI is InChI=1S/C13H13ClN2O2S/c1-8-11(12(17)18)15-13(19-8)16(2)7-9-5-3-4-6-10(9)14/h3-6H,7H2,1-2H3,(H,17,18). The Labute approximate surface area is 120 Å². The number of hydrogen-bond donors (Lipinski definition) is 1. The normalized spacial score (nSPS) is 10.5. The molecule has 0 aliphatic carbocycles. The number of rotatable bonds is 4. The lowest BCUT2D eigenvalue weighted by Gasteiger charge is -2.16. The Bertz CT molecular complexity index is 612. The van der Waals surface area contributed by atoms with Gasteiger partial charge in [-0.15, -0.1) is 11.3 Å². The highest BCUT2D eigenvalue weighted by atomic mass is 35.5. The number of aromatic carboxylic acids is 1. The lowest BCUT2D eigenvalue weighted by atomic mass is 10.2. The van der Waals surface area contributed by atoms with Crippen LogP contribution in [0, 0.1) is 6.92 Å². The van der Waals surface area contributed by atoms with Crippen LogP contribution in [-0.2, 0) is 6.54 Å². The molecular formula is C13H13ClN2O2S. The molecule has 0 amide bonds. The minimum absolute atomic E-state index is 0.117. The van der Waals surface area contributed by atoms with Gasteiger partial charge in [0, 0.05) is 23.5 Å². The molecule has 1 aromatic carbocycles. The number of nitrogens with zero attached hydrogens (tertiary/aromatic N) is 2. The number of benzene rings is 1. The summed E-state index contributed by atoms with van der Waals surface area (Å²) >= 11 is 7.47. The first-order valence-corrected chi connectivity index (χ1v) is 6.83. The zero-order valence-corrected chi connectivity index (χ0v) is 12.1. The van der Waals surface area contributed by atoms with E-state index in [1.807, 2.05) is 36.2 Å². The number of thiazole rings is 1. The maximum atomic E-state index is 11.0. The maximum Gasteiger partial charge on any atom is 0.355 e. The predicted octanol–water partition coefficient (Wildman–Crippen LogP) is 3.44. The molecule has 0 aliphatic heterocycles. The van der Waals surface area contributed by atoms with Crippen LogP contribution < -0.4 is 4.90 Å². The van der Waals surface area contributed by atoms with E-state index in [-0.39, 0.29) is 5.69 Å². The van der Waals surface area contributed by atoms with Crippen molar-refractivity contribution in [3.05, 3.63) is 45.4 Å². The molecule has 0 saturated carbocycles. The van der Waals surface area contributed by atoms with Crippen LogP contribution in [-0.4, -0.2) is 23.1 Å². The third-order valence-electron chi connectivity index (χ3n) is 2.68. The number of carbonyl (C=O) groups is 1. The molecule has 0 spiro atoms. The minimum atomic E-state index is -0.994. The first kappa shape index (κ1) is 13.8. The summed E-state index contributed by atoms with van der Waals surface area (Å²) in [7, 11) is 1.87. The molecule has 0 atom stereocenters. The van der Waals surface area contributed by atoms with E-state index in [2.05, 4.69) is 4.98 Å². The molecule has 1 aromatic heterocycles. The topological polar surface area (TPSA) is 53.4 Å². The Hall–Kier alpha value is -1.59. The predicted molar refractivity (Wildman–Crippen MR) is 77.4 cm³/mol. The second-order valence-electron chi connectivity index (χ2n) is 4.15. The largest absolute Gasteiger partial charge is 0.476 e. The van der Waals surface area contributed by atoms with E-state index in [0.717, 1.165) is 5.56 Å². The van der Waals surface area contributed by atoms with Gasteiger partial charge in [0.2, 0.25) is 0 Å². The Morgan fingerprint density at radius 3 is 2.74 bits per heavy atom. The van der Waals surface area contributed by atoms with E-state index in [4.69, 9.17) is 16.7 Å². The van der Waals surface area contributed by atoms with Crippen LogP contribution in [0.5, 0.6) is 0 Å². The number of carboxylic acids is 1. The fourth-order valence-electron chi connectivity index (χ4n) is 1.69. The van der Waals surface area contributed by atoms with Gasteiger partial charge in [-0.3, -0.25) is 0 Å². The van der Waals surface area contributed by atoms with Crippen LogP contribution in [0.4, 0.5) is 5.13 Å². The molecule has 2 rings (SSSR count). The smallest absolute Gasteiger partial charge is 0.355 e. The molecule has 19 heavy (non-hydrogen) atoms. The molecule has 2 aromatic rings. The lowest BCUT2D eigenvalue weighted by Crippen LogP contribution is -2.16. The quantitative estimate of drug-likeness (QED) is 0.939. The molecule has 1 heterocycles. The summed E-state index contributed by atoms with van der Waals surface area (Å²) in [5.74, 6) is -0.994. The molecule has 0 bridgehead atoms. The van der Waals surface area contributed by atoms with Crippen molar-refractivity contribution in [1.82, 2.24) is 4.98 Å². The Morgan fingerprint density at radius 1 is 1.47 bits per heavy atom. The molecule has 0 radical (unpaired) electrons. The van der Waals surface area contributed by atoms with Crippen molar-refractivity contribution >= 4 is 34.0 Å². The van der Waals surface area contributed by atoms with E-state index in [1.54, 1.807) is 6.92 Å². The molecule has 1 N–H and O–H groups in total. The Morgan fingerprint density at radius 2 is 2.16 bits per heavy atom. The monoisotopic (exact) mass is 296 g/mol. The van der Waals surface area contributed by atoms with E-state index >= 15 is 0 Å². The second kappa shape index (κ2) is 5.59. The minimum Gasteiger partial charge on any atom is -0.476 e. The Kier molecular flexibility index (Phi) is 4.07. The zero-order valence-electron chi connectivity index (χ0n) is 10.6. The SMILES string of the molecule is Cc1sc(N(C)Cc2ccccc2Cl)nc1C(=O)O. The van der Waals surface area contributed by atoms with Crippen molar-refractivity contribution in [2.45, 2.75) is 13.5 Å². The average Bonchev–Trinajstić information content (AvgIpc) is 2.74. The summed E-state index contributed by atoms with van der Waals surface area (Å²) in [6.07, 6.45) is 0. The first-order chi connectivity index (χ1) is 8.99. The molecule has 100 valence electrons. The number of aryl methyl sites for hydroxylation is 1. The summed E-state index contributed by atoms with van der Waals surface area (Å²) in [6, 6.07) is 7.57. The van der Waals surface area contributed by atoms with Gasteiger partial charge >= 0.3 is 5.97 Å². The number of carboxylic acid groups (broad SMARTS) is 1. The highest BCUT2D eigenvalue weighted by Gasteiger charge is 2.16. The molecule has 4 nitrogen and oxygen atoms in total. The number of anilines is 1. The summed E-state index contributed by atoms with van der Waals surface area (Å²) in [5.41, 5.74) is 1.10. The van der Waals surface area contributed by atoms with Crippen LogP contribution >= 0.6 is 22.9 Å². The van der Waals surface area contributed by atoms with Crippen molar-refractivity contribution in [2.24, 2.45) is 0 Å². The molecule has 0 aliphatic rings. The van der Waals surface area contributed by atoms with Crippen LogP contribution in [0.2, 0.25) is 5.02 Å². The average molecular weight is 297 g/mol. The number of halogens is 1. The van der Waals surface area contributed by atoms with Crippen molar-refractivity contribution in [3.8, 4) is 0 Å². The molecular weight excluding hydrogens is 284 g/mol. The van der Waals surface area contributed by atoms with E-state index in [1.165, 1.54) is 11.3 Å². The van der Waals surface area contributed by atoms with Crippen molar-refractivity contribution in [2.75, 3.05) is 11.9 Å². The van der Waals surface area contributed by atoms with Crippen LogP contribution in [0.25, 0.3) is 0 Å². The number of aromatic nitrogens is 1. The van der Waals surface area contributed by atoms with Gasteiger partial charge in [0.15, 0.2) is 10.8 Å². The van der Waals surface area contributed by atoms with Gasteiger partial charge < -0.3 is 10.0 Å². The summed E-state index contributed by atoms with van der Waals surface area (Å²) in [5, 5.41) is 10.4. The van der Waals surface area contributed by atoms with Crippen molar-refractivity contribution < 1.29 is 9.90 Å². The maximum absolute atomic E-state index is 11.0. The fraction of sp³-hybridized carbons (Fsp3) is 0.231. The second-order valence-corrected chi connectivity index (χ2v) is 5.74. The van der Waals surface area contributed by atoms with Gasteiger partial charge in [-0.05, 0) is 18.6 Å². The van der Waals surface area contributed by atoms with Gasteiger partial charge in [0.1, 0.15) is 0 Å². The van der Waals surface area contributed by atoms with E-state index in [9.17, 15) is 4.79 Å². The third-order valence-corrected chi connectivity index (χ3v) is 4.13. The fourth-order valence-corrected chi connectivity index (χ4v) is 2.75. The molecule has 6 heteroatoms. The van der Waals surface area contributed by atoms with Crippen LogP contribution in [0.3, 0.4) is 0 Å². The van der Waals surface area contributed by atoms with Gasteiger partial charge in [-0.2, -0.15) is 0 Å². The Balaban J connectivity index is 2.21. The molecule has 0 saturated heterocycles.